The number of carbonyl (C=O) groups is 3. The minimum atomic E-state index is -3.38. The van der Waals surface area contributed by atoms with Gasteiger partial charge in [0.1, 0.15) is 0 Å². The predicted molar refractivity (Wildman–Crippen MR) is 114 cm³/mol. The smallest absolute Gasteiger partial charge is 0.317 e. The first-order chi connectivity index (χ1) is 14.5. The molecule has 0 saturated carbocycles. The Labute approximate surface area is 182 Å². The van der Waals surface area contributed by atoms with Crippen molar-refractivity contribution in [1.82, 2.24) is 19.6 Å². The highest BCUT2D eigenvalue weighted by Gasteiger charge is 2.24. The summed E-state index contributed by atoms with van der Waals surface area (Å²) in [7, 11) is -3.38. The zero-order chi connectivity index (χ0) is 23.4. The van der Waals surface area contributed by atoms with Gasteiger partial charge in [0.25, 0.3) is 0 Å². The fourth-order valence-electron chi connectivity index (χ4n) is 3.50. The van der Waals surface area contributed by atoms with E-state index in [1.165, 1.54) is 0 Å². The molecule has 1 fully saturated rings. The number of hydrogen-bond acceptors (Lipinski definition) is 8. The molecular formula is C18H35N4O8P. The average molecular weight is 466 g/mol. The molecule has 13 heteroatoms. The summed E-state index contributed by atoms with van der Waals surface area (Å²) in [6.07, 6.45) is 0.719. The lowest BCUT2D eigenvalue weighted by Crippen LogP contribution is -2.48. The zero-order valence-electron chi connectivity index (χ0n) is 18.1. The molecule has 1 aliphatic heterocycles. The van der Waals surface area contributed by atoms with Gasteiger partial charge < -0.3 is 20.2 Å². The summed E-state index contributed by atoms with van der Waals surface area (Å²) in [5.41, 5.74) is 0. The molecule has 1 atom stereocenters. The molecule has 12 nitrogen and oxygen atoms in total. The van der Waals surface area contributed by atoms with E-state index in [1.807, 2.05) is 6.92 Å². The van der Waals surface area contributed by atoms with Crippen LogP contribution in [-0.2, 0) is 18.9 Å². The summed E-state index contributed by atoms with van der Waals surface area (Å²) >= 11 is 0. The number of aliphatic carboxylic acids is 3. The Kier molecular flexibility index (Phi) is 12.2. The molecular weight excluding hydrogens is 431 g/mol. The molecule has 1 rings (SSSR count). The van der Waals surface area contributed by atoms with Crippen LogP contribution in [0.1, 0.15) is 13.3 Å². The van der Waals surface area contributed by atoms with Crippen LogP contribution in [0.25, 0.3) is 0 Å². The van der Waals surface area contributed by atoms with Gasteiger partial charge in [-0.25, -0.2) is 0 Å². The van der Waals surface area contributed by atoms with Crippen molar-refractivity contribution in [2.24, 2.45) is 0 Å². The SMILES string of the molecule is CCCP(=O)(O)CN1CCN(CC(=O)O)CCN(CC(=O)O)CCN(CC(=O)O)CC1. The third kappa shape index (κ3) is 12.8. The molecule has 0 aromatic rings. The van der Waals surface area contributed by atoms with Crippen LogP contribution in [0.5, 0.6) is 0 Å². The lowest BCUT2D eigenvalue weighted by atomic mass is 10.3. The summed E-state index contributed by atoms with van der Waals surface area (Å²) in [5, 5.41) is 27.5. The Balaban J connectivity index is 2.99. The monoisotopic (exact) mass is 466 g/mol. The lowest BCUT2D eigenvalue weighted by Gasteiger charge is -2.33. The Morgan fingerprint density at radius 2 is 0.968 bits per heavy atom. The highest BCUT2D eigenvalue weighted by Crippen LogP contribution is 2.41. The van der Waals surface area contributed by atoms with Gasteiger partial charge in [0.2, 0.25) is 7.37 Å². The standard InChI is InChI=1S/C18H35N4O8P/c1-2-11-31(29,30)15-22-9-7-20(13-17(25)26)5-3-19(12-16(23)24)4-6-21(8-10-22)14-18(27)28/h2-15H2,1H3,(H,23,24)(H,25,26)(H,27,28)(H,29,30). The maximum atomic E-state index is 12.5. The number of carboxylic acids is 3. The minimum absolute atomic E-state index is 0.0339. The molecule has 0 spiro atoms. The Bertz CT molecular complexity index is 618. The molecule has 0 aromatic carbocycles. The second-order valence-corrected chi connectivity index (χ2v) is 10.3. The van der Waals surface area contributed by atoms with Gasteiger partial charge in [0.15, 0.2) is 0 Å². The van der Waals surface area contributed by atoms with E-state index in [0.717, 1.165) is 0 Å². The number of hydrogen-bond donors (Lipinski definition) is 4. The number of carboxylic acid groups (broad SMARTS) is 3. The van der Waals surface area contributed by atoms with Gasteiger partial charge in [-0.2, -0.15) is 0 Å². The molecule has 4 N–H and O–H groups in total. The van der Waals surface area contributed by atoms with Crippen molar-refractivity contribution in [3.8, 4) is 0 Å². The minimum Gasteiger partial charge on any atom is -0.480 e. The summed E-state index contributed by atoms with van der Waals surface area (Å²) in [6.45, 7) is 3.79. The Hall–Kier alpha value is -1.56. The van der Waals surface area contributed by atoms with Crippen LogP contribution in [0.15, 0.2) is 0 Å². The Morgan fingerprint density at radius 1 is 0.677 bits per heavy atom. The van der Waals surface area contributed by atoms with Crippen LogP contribution in [0.3, 0.4) is 0 Å². The van der Waals surface area contributed by atoms with Gasteiger partial charge in [0, 0.05) is 58.5 Å². The molecule has 1 unspecified atom stereocenters. The van der Waals surface area contributed by atoms with Crippen molar-refractivity contribution in [2.75, 3.05) is 84.4 Å². The van der Waals surface area contributed by atoms with Crippen molar-refractivity contribution in [2.45, 2.75) is 13.3 Å². The van der Waals surface area contributed by atoms with E-state index < -0.39 is 25.3 Å². The van der Waals surface area contributed by atoms with E-state index in [4.69, 9.17) is 5.11 Å². The van der Waals surface area contributed by atoms with Crippen LogP contribution >= 0.6 is 7.37 Å². The highest BCUT2D eigenvalue weighted by atomic mass is 31.2. The van der Waals surface area contributed by atoms with Crippen molar-refractivity contribution >= 4 is 25.3 Å². The number of rotatable bonds is 10. The molecule has 1 aliphatic rings. The first kappa shape index (κ1) is 27.5. The van der Waals surface area contributed by atoms with E-state index in [0.29, 0.717) is 58.8 Å². The van der Waals surface area contributed by atoms with Crippen molar-refractivity contribution in [1.29, 1.82) is 0 Å². The summed E-state index contributed by atoms with van der Waals surface area (Å²) in [5.74, 6) is -3.02. The molecule has 0 amide bonds. The maximum Gasteiger partial charge on any atom is 0.317 e. The molecule has 180 valence electrons. The molecule has 1 saturated heterocycles. The molecule has 0 aliphatic carbocycles. The Morgan fingerprint density at radius 3 is 1.23 bits per heavy atom. The average Bonchev–Trinajstić information content (AvgIpc) is 2.62. The zero-order valence-corrected chi connectivity index (χ0v) is 19.0. The van der Waals surface area contributed by atoms with E-state index >= 15 is 0 Å². The van der Waals surface area contributed by atoms with E-state index in [-0.39, 0.29) is 32.1 Å². The van der Waals surface area contributed by atoms with E-state index in [1.54, 1.807) is 19.6 Å². The largest absolute Gasteiger partial charge is 0.480 e. The maximum absolute atomic E-state index is 12.5. The van der Waals surface area contributed by atoms with Crippen LogP contribution < -0.4 is 0 Å². The first-order valence-corrected chi connectivity index (χ1v) is 12.4. The van der Waals surface area contributed by atoms with Gasteiger partial charge in [-0.15, -0.1) is 0 Å². The third-order valence-corrected chi connectivity index (χ3v) is 6.99. The molecule has 31 heavy (non-hydrogen) atoms. The van der Waals surface area contributed by atoms with Crippen molar-refractivity contribution in [3.05, 3.63) is 0 Å². The van der Waals surface area contributed by atoms with Crippen LogP contribution in [0.2, 0.25) is 0 Å². The topological polar surface area (TPSA) is 162 Å². The van der Waals surface area contributed by atoms with Crippen LogP contribution in [0.4, 0.5) is 0 Å². The third-order valence-electron chi connectivity index (χ3n) is 5.00. The predicted octanol–water partition coefficient (Wildman–Crippen LogP) is -0.900. The van der Waals surface area contributed by atoms with Gasteiger partial charge in [0.05, 0.1) is 25.9 Å². The highest BCUT2D eigenvalue weighted by molar-refractivity contribution is 7.57. The second-order valence-electron chi connectivity index (χ2n) is 7.84. The van der Waals surface area contributed by atoms with Crippen LogP contribution in [0, 0.1) is 0 Å². The molecule has 0 bridgehead atoms. The lowest BCUT2D eigenvalue weighted by molar-refractivity contribution is -0.140. The van der Waals surface area contributed by atoms with E-state index in [2.05, 4.69) is 0 Å². The fourth-order valence-corrected chi connectivity index (χ4v) is 5.25. The summed E-state index contributed by atoms with van der Waals surface area (Å²) in [4.78, 5) is 50.7. The van der Waals surface area contributed by atoms with E-state index in [9.17, 15) is 34.1 Å². The van der Waals surface area contributed by atoms with Crippen molar-refractivity contribution in [3.63, 3.8) is 0 Å². The first-order valence-electron chi connectivity index (χ1n) is 10.4. The van der Waals surface area contributed by atoms with Crippen molar-refractivity contribution < 1.29 is 39.2 Å². The molecule has 0 radical (unpaired) electrons. The van der Waals surface area contributed by atoms with Crippen LogP contribution in [-0.4, -0.2) is 142 Å². The fraction of sp³-hybridized carbons (Fsp3) is 0.833. The van der Waals surface area contributed by atoms with Gasteiger partial charge in [-0.05, 0) is 6.42 Å². The normalized spacial score (nSPS) is 21.0. The second kappa shape index (κ2) is 13.8. The molecule has 1 heterocycles. The molecule has 0 aromatic heterocycles. The van der Waals surface area contributed by atoms with Gasteiger partial charge >= 0.3 is 17.9 Å². The number of nitrogens with zero attached hydrogens (tertiary/aromatic N) is 4. The summed E-state index contributed by atoms with van der Waals surface area (Å²) in [6, 6.07) is 0. The van der Waals surface area contributed by atoms with Gasteiger partial charge in [-0.3, -0.25) is 38.5 Å². The van der Waals surface area contributed by atoms with Gasteiger partial charge in [-0.1, -0.05) is 6.92 Å². The summed E-state index contributed by atoms with van der Waals surface area (Å²) < 4.78 is 12.5. The quantitative estimate of drug-likeness (QED) is 0.294.